The summed E-state index contributed by atoms with van der Waals surface area (Å²) in [6, 6.07) is 14.7. The zero-order chi connectivity index (χ0) is 20.4. The van der Waals surface area contributed by atoms with Crippen LogP contribution in [0.4, 0.5) is 15.8 Å². The maximum Gasteiger partial charge on any atom is 0.256 e. The molecular formula is C22H17ClFN3O2. The number of hydrogen-bond acceptors (Lipinski definition) is 4. The molecule has 2 heterocycles. The van der Waals surface area contributed by atoms with E-state index < -0.39 is 17.8 Å². The fourth-order valence-corrected chi connectivity index (χ4v) is 3.47. The lowest BCUT2D eigenvalue weighted by atomic mass is 10.1. The highest BCUT2D eigenvalue weighted by Gasteiger charge is 2.39. The van der Waals surface area contributed by atoms with Crippen molar-refractivity contribution in [2.75, 3.05) is 10.2 Å². The van der Waals surface area contributed by atoms with Crippen molar-refractivity contribution < 1.29 is 14.0 Å². The molecule has 1 aromatic heterocycles. The van der Waals surface area contributed by atoms with Gasteiger partial charge in [-0.2, -0.15) is 0 Å². The van der Waals surface area contributed by atoms with E-state index in [1.807, 2.05) is 36.4 Å². The Bertz CT molecular complexity index is 1060. The molecule has 1 aliphatic heterocycles. The van der Waals surface area contributed by atoms with Gasteiger partial charge < -0.3 is 5.32 Å². The molecule has 0 radical (unpaired) electrons. The molecule has 1 unspecified atom stereocenters. The monoisotopic (exact) mass is 409 g/mol. The normalized spacial score (nSPS) is 16.3. The molecule has 3 aromatic rings. The Labute approximate surface area is 172 Å². The number of pyridine rings is 1. The molecule has 29 heavy (non-hydrogen) atoms. The van der Waals surface area contributed by atoms with E-state index in [4.69, 9.17) is 11.6 Å². The van der Waals surface area contributed by atoms with Crippen molar-refractivity contribution in [3.8, 4) is 0 Å². The second-order valence-corrected chi connectivity index (χ2v) is 7.20. The van der Waals surface area contributed by atoms with Gasteiger partial charge in [0, 0.05) is 18.1 Å². The molecule has 1 fully saturated rings. The number of nitrogens with zero attached hydrogens (tertiary/aromatic N) is 2. The molecule has 4 rings (SSSR count). The topological polar surface area (TPSA) is 62.3 Å². The molecule has 5 nitrogen and oxygen atoms in total. The van der Waals surface area contributed by atoms with Gasteiger partial charge in [-0.15, -0.1) is 0 Å². The lowest BCUT2D eigenvalue weighted by molar-refractivity contribution is -0.121. The van der Waals surface area contributed by atoms with Gasteiger partial charge in [-0.25, -0.2) is 9.29 Å². The maximum atomic E-state index is 13.4. The van der Waals surface area contributed by atoms with Gasteiger partial charge in [-0.1, -0.05) is 23.7 Å². The molecule has 0 saturated carbocycles. The summed E-state index contributed by atoms with van der Waals surface area (Å²) in [4.78, 5) is 30.1. The van der Waals surface area contributed by atoms with Gasteiger partial charge in [0.1, 0.15) is 11.9 Å². The SMILES string of the molecule is O=C1CC(Nc2ccc(Cc3ccncc3)cc2)C(=O)N1c1ccc(F)c(Cl)c1. The number of hydrogen-bond donors (Lipinski definition) is 1. The Morgan fingerprint density at radius 3 is 2.41 bits per heavy atom. The lowest BCUT2D eigenvalue weighted by Crippen LogP contribution is -2.34. The summed E-state index contributed by atoms with van der Waals surface area (Å²) in [7, 11) is 0. The molecule has 2 amide bonds. The number of imide groups is 1. The number of halogens is 2. The van der Waals surface area contributed by atoms with E-state index in [1.165, 1.54) is 12.1 Å². The first kappa shape index (κ1) is 19.1. The van der Waals surface area contributed by atoms with Crippen LogP contribution in [0, 0.1) is 5.82 Å². The van der Waals surface area contributed by atoms with Crippen LogP contribution in [-0.2, 0) is 16.0 Å². The summed E-state index contributed by atoms with van der Waals surface area (Å²) in [5.74, 6) is -1.35. The molecule has 0 spiro atoms. The number of benzene rings is 2. The van der Waals surface area contributed by atoms with Gasteiger partial charge in [-0.3, -0.25) is 14.6 Å². The summed E-state index contributed by atoms with van der Waals surface area (Å²) in [6.45, 7) is 0. The van der Waals surface area contributed by atoms with Crippen molar-refractivity contribution in [1.29, 1.82) is 0 Å². The molecule has 1 saturated heterocycles. The molecule has 1 atom stereocenters. The van der Waals surface area contributed by atoms with E-state index in [1.54, 1.807) is 12.4 Å². The summed E-state index contributed by atoms with van der Waals surface area (Å²) < 4.78 is 13.4. The number of rotatable bonds is 5. The molecule has 1 N–H and O–H groups in total. The molecular weight excluding hydrogens is 393 g/mol. The van der Waals surface area contributed by atoms with Gasteiger partial charge in [0.2, 0.25) is 5.91 Å². The number of carbonyl (C=O) groups excluding carboxylic acids is 2. The van der Waals surface area contributed by atoms with Crippen LogP contribution in [0.3, 0.4) is 0 Å². The summed E-state index contributed by atoms with van der Waals surface area (Å²) in [6.07, 6.45) is 4.32. The van der Waals surface area contributed by atoms with E-state index >= 15 is 0 Å². The first-order chi connectivity index (χ1) is 14.0. The van der Waals surface area contributed by atoms with Crippen molar-refractivity contribution in [2.45, 2.75) is 18.9 Å². The standard InChI is InChI=1S/C22H17ClFN3O2/c23-18-12-17(5-6-19(18)24)27-21(28)13-20(22(27)29)26-16-3-1-14(2-4-16)11-15-7-9-25-10-8-15/h1-10,12,20,26H,11,13H2. The van der Waals surface area contributed by atoms with Gasteiger partial charge in [0.15, 0.2) is 0 Å². The second-order valence-electron chi connectivity index (χ2n) is 6.80. The van der Waals surface area contributed by atoms with E-state index in [0.717, 1.165) is 34.2 Å². The Morgan fingerprint density at radius 2 is 1.72 bits per heavy atom. The molecule has 0 bridgehead atoms. The highest BCUT2D eigenvalue weighted by molar-refractivity contribution is 6.31. The number of anilines is 2. The Morgan fingerprint density at radius 1 is 1.03 bits per heavy atom. The predicted molar refractivity (Wildman–Crippen MR) is 109 cm³/mol. The third kappa shape index (κ3) is 4.12. The van der Waals surface area contributed by atoms with Gasteiger partial charge in [-0.05, 0) is 60.0 Å². The van der Waals surface area contributed by atoms with Gasteiger partial charge >= 0.3 is 0 Å². The van der Waals surface area contributed by atoms with Crippen LogP contribution in [-0.4, -0.2) is 22.8 Å². The number of nitrogens with one attached hydrogen (secondary N) is 1. The van der Waals surface area contributed by atoms with Gasteiger partial charge in [0.05, 0.1) is 17.1 Å². The van der Waals surface area contributed by atoms with Crippen LogP contribution < -0.4 is 10.2 Å². The van der Waals surface area contributed by atoms with Crippen LogP contribution in [0.5, 0.6) is 0 Å². The minimum Gasteiger partial charge on any atom is -0.373 e. The van der Waals surface area contributed by atoms with Crippen LogP contribution in [0.2, 0.25) is 5.02 Å². The summed E-state index contributed by atoms with van der Waals surface area (Å²) >= 11 is 5.78. The summed E-state index contributed by atoms with van der Waals surface area (Å²) in [5.41, 5.74) is 3.29. The minimum absolute atomic E-state index is 0.0204. The van der Waals surface area contributed by atoms with Crippen LogP contribution in [0.25, 0.3) is 0 Å². The Hall–Kier alpha value is -3.25. The fourth-order valence-electron chi connectivity index (χ4n) is 3.30. The van der Waals surface area contributed by atoms with Crippen molar-refractivity contribution in [3.63, 3.8) is 0 Å². The summed E-state index contributed by atoms with van der Waals surface area (Å²) in [5, 5.41) is 2.97. The first-order valence-electron chi connectivity index (χ1n) is 9.07. The average molecular weight is 410 g/mol. The van der Waals surface area contributed by atoms with Crippen molar-refractivity contribution in [1.82, 2.24) is 4.98 Å². The minimum atomic E-state index is -0.683. The Balaban J connectivity index is 1.45. The van der Waals surface area contributed by atoms with Gasteiger partial charge in [0.25, 0.3) is 5.91 Å². The predicted octanol–water partition coefficient (Wildman–Crippen LogP) is 4.21. The first-order valence-corrected chi connectivity index (χ1v) is 9.45. The van der Waals surface area contributed by atoms with E-state index in [9.17, 15) is 14.0 Å². The van der Waals surface area contributed by atoms with E-state index in [2.05, 4.69) is 10.3 Å². The maximum absolute atomic E-state index is 13.4. The lowest BCUT2D eigenvalue weighted by Gasteiger charge is -2.16. The van der Waals surface area contributed by atoms with Crippen molar-refractivity contribution in [3.05, 3.63) is 89.0 Å². The third-order valence-corrected chi connectivity index (χ3v) is 5.05. The molecule has 2 aromatic carbocycles. The Kier molecular flexibility index (Phi) is 5.27. The second kappa shape index (κ2) is 8.01. The molecule has 146 valence electrons. The van der Waals surface area contributed by atoms with Crippen LogP contribution in [0.15, 0.2) is 67.0 Å². The highest BCUT2D eigenvalue weighted by atomic mass is 35.5. The number of amides is 2. The average Bonchev–Trinajstić information content (AvgIpc) is 2.99. The van der Waals surface area contributed by atoms with E-state index in [0.29, 0.717) is 0 Å². The largest absolute Gasteiger partial charge is 0.373 e. The van der Waals surface area contributed by atoms with Crippen molar-refractivity contribution >= 4 is 34.8 Å². The number of carbonyl (C=O) groups is 2. The van der Waals surface area contributed by atoms with Crippen LogP contribution in [0.1, 0.15) is 17.5 Å². The smallest absolute Gasteiger partial charge is 0.256 e. The third-order valence-electron chi connectivity index (χ3n) is 4.76. The molecule has 0 aliphatic carbocycles. The van der Waals surface area contributed by atoms with Crippen molar-refractivity contribution in [2.24, 2.45) is 0 Å². The molecule has 1 aliphatic rings. The van der Waals surface area contributed by atoms with E-state index in [-0.39, 0.29) is 23.0 Å². The zero-order valence-corrected chi connectivity index (χ0v) is 16.1. The number of aromatic nitrogens is 1. The van der Waals surface area contributed by atoms with Crippen LogP contribution >= 0.6 is 11.6 Å². The fraction of sp³-hybridized carbons (Fsp3) is 0.136. The quantitative estimate of drug-likeness (QED) is 0.641. The highest BCUT2D eigenvalue weighted by Crippen LogP contribution is 2.28. The molecule has 7 heteroatoms. The zero-order valence-electron chi connectivity index (χ0n) is 15.3.